The highest BCUT2D eigenvalue weighted by molar-refractivity contribution is 7.19. The molecular weight excluding hydrogens is 582 g/mol. The number of pyridine rings is 1. The van der Waals surface area contributed by atoms with Crippen molar-refractivity contribution in [1.29, 1.82) is 0 Å². The SMILES string of the molecule is CC(=O)Nc1nc2c(s1)-c1c(c(-c3cccnc3)nn1-c1ccc(NC(=O)C3CCC(N4CCCC4)CC3)cc1Cl)CC2. The first kappa shape index (κ1) is 28.2. The third-order valence-corrected chi connectivity index (χ3v) is 10.2. The van der Waals surface area contributed by atoms with E-state index in [0.29, 0.717) is 27.6 Å². The number of carbonyl (C=O) groups excluding carboxylic acids is 2. The van der Waals surface area contributed by atoms with Crippen LogP contribution >= 0.6 is 22.9 Å². The highest BCUT2D eigenvalue weighted by Gasteiger charge is 2.32. The molecule has 2 amide bonds. The van der Waals surface area contributed by atoms with Crippen LogP contribution in [-0.2, 0) is 22.4 Å². The highest BCUT2D eigenvalue weighted by atomic mass is 35.5. The van der Waals surface area contributed by atoms with E-state index in [9.17, 15) is 9.59 Å². The molecule has 2 fully saturated rings. The number of anilines is 2. The number of fused-ring (bicyclic) bond motifs is 3. The normalized spacial score (nSPS) is 20.0. The summed E-state index contributed by atoms with van der Waals surface area (Å²) in [6.07, 6.45) is 11.7. The molecule has 43 heavy (non-hydrogen) atoms. The van der Waals surface area contributed by atoms with Crippen LogP contribution in [0.1, 0.15) is 56.7 Å². The zero-order valence-electron chi connectivity index (χ0n) is 24.1. The molecule has 4 aromatic rings. The maximum absolute atomic E-state index is 13.2. The van der Waals surface area contributed by atoms with E-state index in [1.165, 1.54) is 44.2 Å². The van der Waals surface area contributed by atoms with Crippen LogP contribution in [0.3, 0.4) is 0 Å². The Hall–Kier alpha value is -3.60. The van der Waals surface area contributed by atoms with Gasteiger partial charge < -0.3 is 15.5 Å². The molecule has 0 bridgehead atoms. The molecule has 0 spiro atoms. The molecule has 1 aromatic carbocycles. The van der Waals surface area contributed by atoms with Crippen LogP contribution in [0.2, 0.25) is 5.02 Å². The van der Waals surface area contributed by atoms with Crippen molar-refractivity contribution in [2.45, 2.75) is 64.3 Å². The molecule has 0 atom stereocenters. The number of rotatable bonds is 6. The second kappa shape index (κ2) is 11.8. The fourth-order valence-electron chi connectivity index (χ4n) is 6.79. The Morgan fingerprint density at radius 1 is 1.05 bits per heavy atom. The molecule has 222 valence electrons. The lowest BCUT2D eigenvalue weighted by atomic mass is 9.85. The lowest BCUT2D eigenvalue weighted by Crippen LogP contribution is -2.38. The summed E-state index contributed by atoms with van der Waals surface area (Å²) in [6.45, 7) is 3.89. The summed E-state index contributed by atoms with van der Waals surface area (Å²) in [6, 6.07) is 10.1. The lowest BCUT2D eigenvalue weighted by Gasteiger charge is -2.34. The number of halogens is 1. The van der Waals surface area contributed by atoms with Gasteiger partial charge in [-0.25, -0.2) is 9.67 Å². The summed E-state index contributed by atoms with van der Waals surface area (Å²) in [5.74, 6) is -0.0601. The molecule has 1 saturated carbocycles. The van der Waals surface area contributed by atoms with Crippen molar-refractivity contribution in [1.82, 2.24) is 24.6 Å². The third kappa shape index (κ3) is 5.59. The summed E-state index contributed by atoms with van der Waals surface area (Å²) in [5.41, 5.74) is 6.10. The molecule has 4 heterocycles. The largest absolute Gasteiger partial charge is 0.326 e. The first-order valence-electron chi connectivity index (χ1n) is 15.1. The fourth-order valence-corrected chi connectivity index (χ4v) is 8.17. The van der Waals surface area contributed by atoms with E-state index < -0.39 is 0 Å². The van der Waals surface area contributed by atoms with Crippen LogP contribution in [0.4, 0.5) is 10.8 Å². The summed E-state index contributed by atoms with van der Waals surface area (Å²) >= 11 is 8.37. The third-order valence-electron chi connectivity index (χ3n) is 8.89. The Morgan fingerprint density at radius 3 is 2.58 bits per heavy atom. The van der Waals surface area contributed by atoms with Gasteiger partial charge >= 0.3 is 0 Å². The predicted molar refractivity (Wildman–Crippen MR) is 170 cm³/mol. The predicted octanol–water partition coefficient (Wildman–Crippen LogP) is 6.36. The smallest absolute Gasteiger partial charge is 0.227 e. The van der Waals surface area contributed by atoms with Crippen molar-refractivity contribution in [3.8, 4) is 27.5 Å². The molecule has 0 unspecified atom stereocenters. The van der Waals surface area contributed by atoms with Crippen molar-refractivity contribution < 1.29 is 9.59 Å². The van der Waals surface area contributed by atoms with E-state index in [1.54, 1.807) is 6.20 Å². The number of aryl methyl sites for hydroxylation is 1. The van der Waals surface area contributed by atoms with E-state index >= 15 is 0 Å². The van der Waals surface area contributed by atoms with Crippen molar-refractivity contribution in [3.63, 3.8) is 0 Å². The molecule has 1 aliphatic heterocycles. The Labute approximate surface area is 259 Å². The minimum absolute atomic E-state index is 0.0278. The lowest BCUT2D eigenvalue weighted by molar-refractivity contribution is -0.121. The van der Waals surface area contributed by atoms with Crippen LogP contribution in [-0.4, -0.2) is 55.6 Å². The van der Waals surface area contributed by atoms with Gasteiger partial charge in [-0.05, 0) is 94.8 Å². The van der Waals surface area contributed by atoms with Gasteiger partial charge in [0.25, 0.3) is 0 Å². The van der Waals surface area contributed by atoms with Crippen molar-refractivity contribution in [2.75, 3.05) is 23.7 Å². The van der Waals surface area contributed by atoms with E-state index in [2.05, 4.69) is 20.5 Å². The Bertz CT molecular complexity index is 1670. The molecular formula is C32H34ClN7O2S. The molecule has 2 N–H and O–H groups in total. The average molecular weight is 616 g/mol. The van der Waals surface area contributed by atoms with Gasteiger partial charge in [-0.1, -0.05) is 22.9 Å². The highest BCUT2D eigenvalue weighted by Crippen LogP contribution is 2.45. The van der Waals surface area contributed by atoms with Gasteiger partial charge in [0.1, 0.15) is 0 Å². The quantitative estimate of drug-likeness (QED) is 0.261. The van der Waals surface area contributed by atoms with Gasteiger partial charge in [-0.3, -0.25) is 14.6 Å². The Morgan fingerprint density at radius 2 is 1.86 bits per heavy atom. The van der Waals surface area contributed by atoms with Gasteiger partial charge in [-0.2, -0.15) is 5.10 Å². The van der Waals surface area contributed by atoms with Gasteiger partial charge in [-0.15, -0.1) is 0 Å². The monoisotopic (exact) mass is 615 g/mol. The number of carbonyl (C=O) groups is 2. The maximum Gasteiger partial charge on any atom is 0.227 e. The van der Waals surface area contributed by atoms with Crippen LogP contribution in [0.5, 0.6) is 0 Å². The van der Waals surface area contributed by atoms with Crippen LogP contribution in [0.25, 0.3) is 27.5 Å². The zero-order valence-corrected chi connectivity index (χ0v) is 25.7. The summed E-state index contributed by atoms with van der Waals surface area (Å²) < 4.78 is 1.87. The van der Waals surface area contributed by atoms with Crippen molar-refractivity contribution in [3.05, 3.63) is 59.0 Å². The van der Waals surface area contributed by atoms with Crippen LogP contribution in [0, 0.1) is 5.92 Å². The zero-order chi connectivity index (χ0) is 29.5. The van der Waals surface area contributed by atoms with E-state index in [1.807, 2.05) is 41.2 Å². The molecule has 11 heteroatoms. The minimum Gasteiger partial charge on any atom is -0.326 e. The van der Waals surface area contributed by atoms with E-state index in [-0.39, 0.29) is 17.7 Å². The average Bonchev–Trinajstić information content (AvgIpc) is 3.76. The number of benzene rings is 1. The van der Waals surface area contributed by atoms with Gasteiger partial charge in [0.15, 0.2) is 5.13 Å². The standard InChI is InChI=1S/C32H34ClN7O2S/c1-19(41)35-32-37-26-12-11-24-28(21-5-4-14-34-18-21)38-40(29(24)30(26)43-32)27-13-8-22(17-25(27)33)36-31(42)20-6-9-23(10-7-20)39-15-2-3-16-39/h4-5,8,13-14,17-18,20,23H,2-3,6-7,9-12,15-16H2,1H3,(H,36,42)(H,35,37,41). The van der Waals surface area contributed by atoms with E-state index in [0.717, 1.165) is 71.6 Å². The van der Waals surface area contributed by atoms with Gasteiger partial charge in [0.2, 0.25) is 11.8 Å². The second-order valence-electron chi connectivity index (χ2n) is 11.7. The van der Waals surface area contributed by atoms with E-state index in [4.69, 9.17) is 21.7 Å². The minimum atomic E-state index is -0.156. The first-order valence-corrected chi connectivity index (χ1v) is 16.3. The summed E-state index contributed by atoms with van der Waals surface area (Å²) in [4.78, 5) is 37.5. The topological polar surface area (TPSA) is 105 Å². The number of nitrogens with zero attached hydrogens (tertiary/aromatic N) is 5. The van der Waals surface area contributed by atoms with Gasteiger partial charge in [0, 0.05) is 48.1 Å². The number of likely N-dealkylation sites (tertiary alicyclic amines) is 1. The summed E-state index contributed by atoms with van der Waals surface area (Å²) in [5, 5.41) is 12.1. The first-order chi connectivity index (χ1) is 20.9. The van der Waals surface area contributed by atoms with Crippen LogP contribution < -0.4 is 10.6 Å². The molecule has 1 saturated heterocycles. The van der Waals surface area contributed by atoms with Crippen molar-refractivity contribution in [2.24, 2.45) is 5.92 Å². The second-order valence-corrected chi connectivity index (χ2v) is 13.1. The number of amides is 2. The number of aromatic nitrogens is 4. The fraction of sp³-hybridized carbons (Fsp3) is 0.406. The molecule has 7 rings (SSSR count). The maximum atomic E-state index is 13.2. The number of thiazole rings is 1. The van der Waals surface area contributed by atoms with Gasteiger partial charge in [0.05, 0.1) is 32.7 Å². The Balaban J connectivity index is 1.17. The Kier molecular flexibility index (Phi) is 7.75. The molecule has 0 radical (unpaired) electrons. The number of hydrogen-bond acceptors (Lipinski definition) is 7. The molecule has 2 aliphatic carbocycles. The molecule has 3 aromatic heterocycles. The number of nitrogens with one attached hydrogen (secondary N) is 2. The van der Waals surface area contributed by atoms with Crippen molar-refractivity contribution >= 4 is 45.6 Å². The molecule has 3 aliphatic rings. The summed E-state index contributed by atoms with van der Waals surface area (Å²) in [7, 11) is 0. The number of hydrogen-bond donors (Lipinski definition) is 2. The molecule has 9 nitrogen and oxygen atoms in total. The van der Waals surface area contributed by atoms with Crippen LogP contribution in [0.15, 0.2) is 42.7 Å².